The number of benzene rings is 1. The average molecular weight is 218 g/mol. The van der Waals surface area contributed by atoms with E-state index in [0.29, 0.717) is 0 Å². The predicted molar refractivity (Wildman–Crippen MR) is 69.7 cm³/mol. The third-order valence-electron chi connectivity index (χ3n) is 3.42. The maximum absolute atomic E-state index is 6.15. The van der Waals surface area contributed by atoms with E-state index < -0.39 is 0 Å². The fourth-order valence-electron chi connectivity index (χ4n) is 2.15. The average Bonchev–Trinajstić information content (AvgIpc) is 3.12. The molecular weight excluding hydrogens is 196 g/mol. The third kappa shape index (κ3) is 2.56. The van der Waals surface area contributed by atoms with Gasteiger partial charge >= 0.3 is 0 Å². The van der Waals surface area contributed by atoms with Crippen LogP contribution in [0.3, 0.4) is 0 Å². The van der Waals surface area contributed by atoms with Crippen molar-refractivity contribution in [2.24, 2.45) is 11.7 Å². The van der Waals surface area contributed by atoms with Crippen LogP contribution < -0.4 is 10.6 Å². The highest BCUT2D eigenvalue weighted by Crippen LogP contribution is 2.33. The van der Waals surface area contributed by atoms with Gasteiger partial charge in [0.25, 0.3) is 0 Å². The van der Waals surface area contributed by atoms with E-state index in [1.54, 1.807) is 0 Å². The number of nitrogens with two attached hydrogens (primary N) is 1. The van der Waals surface area contributed by atoms with E-state index in [-0.39, 0.29) is 6.04 Å². The highest BCUT2D eigenvalue weighted by Gasteiger charge is 2.24. The Morgan fingerprint density at radius 2 is 2.06 bits per heavy atom. The smallest absolute Gasteiger partial charge is 0.0412 e. The minimum Gasteiger partial charge on any atom is -0.374 e. The van der Waals surface area contributed by atoms with Crippen molar-refractivity contribution in [3.8, 4) is 0 Å². The SMILES string of the molecule is CCC(N)c1ccccc1N(C)CC1CC1. The zero-order valence-electron chi connectivity index (χ0n) is 10.3. The zero-order valence-corrected chi connectivity index (χ0v) is 10.3. The van der Waals surface area contributed by atoms with E-state index in [9.17, 15) is 0 Å². The topological polar surface area (TPSA) is 29.3 Å². The molecule has 0 aliphatic heterocycles. The molecule has 1 aromatic carbocycles. The molecule has 2 N–H and O–H groups in total. The Morgan fingerprint density at radius 1 is 1.38 bits per heavy atom. The summed E-state index contributed by atoms with van der Waals surface area (Å²) >= 11 is 0. The van der Waals surface area contributed by atoms with Gasteiger partial charge in [-0.2, -0.15) is 0 Å². The molecule has 16 heavy (non-hydrogen) atoms. The lowest BCUT2D eigenvalue weighted by atomic mass is 10.0. The number of nitrogens with zero attached hydrogens (tertiary/aromatic N) is 1. The van der Waals surface area contributed by atoms with Crippen LogP contribution in [0.1, 0.15) is 37.8 Å². The number of rotatable bonds is 5. The lowest BCUT2D eigenvalue weighted by Crippen LogP contribution is -2.23. The van der Waals surface area contributed by atoms with Gasteiger partial charge in [-0.25, -0.2) is 0 Å². The molecule has 1 fully saturated rings. The Bertz CT molecular complexity index is 344. The van der Waals surface area contributed by atoms with E-state index in [2.05, 4.69) is 43.1 Å². The highest BCUT2D eigenvalue weighted by atomic mass is 15.1. The molecule has 0 heterocycles. The van der Waals surface area contributed by atoms with Crippen LogP contribution in [-0.2, 0) is 0 Å². The van der Waals surface area contributed by atoms with Crippen LogP contribution in [0, 0.1) is 5.92 Å². The minimum absolute atomic E-state index is 0.165. The van der Waals surface area contributed by atoms with Crippen molar-refractivity contribution in [1.29, 1.82) is 0 Å². The first-order chi connectivity index (χ1) is 7.72. The molecule has 1 aliphatic rings. The second-order valence-corrected chi connectivity index (χ2v) is 4.90. The molecule has 1 aliphatic carbocycles. The summed E-state index contributed by atoms with van der Waals surface area (Å²) < 4.78 is 0. The molecule has 1 saturated carbocycles. The molecule has 2 nitrogen and oxygen atoms in total. The Labute approximate surface area is 98.4 Å². The molecule has 1 unspecified atom stereocenters. The van der Waals surface area contributed by atoms with Gasteiger partial charge in [-0.05, 0) is 36.8 Å². The molecular formula is C14H22N2. The van der Waals surface area contributed by atoms with Crippen LogP contribution in [0.5, 0.6) is 0 Å². The molecule has 0 saturated heterocycles. The monoisotopic (exact) mass is 218 g/mol. The van der Waals surface area contributed by atoms with Gasteiger partial charge in [0.15, 0.2) is 0 Å². The van der Waals surface area contributed by atoms with Crippen molar-refractivity contribution < 1.29 is 0 Å². The standard InChI is InChI=1S/C14H22N2/c1-3-13(15)12-6-4-5-7-14(12)16(2)10-11-8-9-11/h4-7,11,13H,3,8-10,15H2,1-2H3. The number of hydrogen-bond acceptors (Lipinski definition) is 2. The van der Waals surface area contributed by atoms with Crippen molar-refractivity contribution in [2.75, 3.05) is 18.5 Å². The number of anilines is 1. The van der Waals surface area contributed by atoms with Gasteiger partial charge in [0, 0.05) is 25.3 Å². The van der Waals surface area contributed by atoms with Gasteiger partial charge < -0.3 is 10.6 Å². The molecule has 2 rings (SSSR count). The fourth-order valence-corrected chi connectivity index (χ4v) is 2.15. The second kappa shape index (κ2) is 4.88. The summed E-state index contributed by atoms with van der Waals surface area (Å²) in [7, 11) is 2.18. The van der Waals surface area contributed by atoms with Crippen LogP contribution >= 0.6 is 0 Å². The molecule has 0 aromatic heterocycles. The summed E-state index contributed by atoms with van der Waals surface area (Å²) in [4.78, 5) is 2.36. The van der Waals surface area contributed by atoms with E-state index in [0.717, 1.165) is 12.3 Å². The molecule has 1 atom stereocenters. The molecule has 0 amide bonds. The maximum Gasteiger partial charge on any atom is 0.0412 e. The first kappa shape index (κ1) is 11.5. The van der Waals surface area contributed by atoms with E-state index in [4.69, 9.17) is 5.73 Å². The minimum atomic E-state index is 0.165. The largest absolute Gasteiger partial charge is 0.374 e. The third-order valence-corrected chi connectivity index (χ3v) is 3.42. The Hall–Kier alpha value is -1.02. The number of para-hydroxylation sites is 1. The van der Waals surface area contributed by atoms with Gasteiger partial charge in [0.1, 0.15) is 0 Å². The van der Waals surface area contributed by atoms with Crippen LogP contribution in [0.2, 0.25) is 0 Å². The van der Waals surface area contributed by atoms with E-state index >= 15 is 0 Å². The summed E-state index contributed by atoms with van der Waals surface area (Å²) in [5, 5.41) is 0. The van der Waals surface area contributed by atoms with E-state index in [1.807, 2.05) is 0 Å². The summed E-state index contributed by atoms with van der Waals surface area (Å²) in [6.07, 6.45) is 3.78. The van der Waals surface area contributed by atoms with Crippen molar-refractivity contribution >= 4 is 5.69 Å². The summed E-state index contributed by atoms with van der Waals surface area (Å²) in [6, 6.07) is 8.70. The molecule has 1 aromatic rings. The molecule has 0 bridgehead atoms. The highest BCUT2D eigenvalue weighted by molar-refractivity contribution is 5.54. The van der Waals surface area contributed by atoms with Gasteiger partial charge in [0.05, 0.1) is 0 Å². The van der Waals surface area contributed by atoms with Gasteiger partial charge in [-0.3, -0.25) is 0 Å². The van der Waals surface area contributed by atoms with Gasteiger partial charge in [-0.1, -0.05) is 25.1 Å². The zero-order chi connectivity index (χ0) is 11.5. The first-order valence-electron chi connectivity index (χ1n) is 6.28. The van der Waals surface area contributed by atoms with Crippen molar-refractivity contribution in [3.63, 3.8) is 0 Å². The lowest BCUT2D eigenvalue weighted by molar-refractivity contribution is 0.690. The molecule has 2 heteroatoms. The van der Waals surface area contributed by atoms with Crippen molar-refractivity contribution in [3.05, 3.63) is 29.8 Å². The van der Waals surface area contributed by atoms with Crippen molar-refractivity contribution in [2.45, 2.75) is 32.2 Å². The van der Waals surface area contributed by atoms with Crippen LogP contribution in [-0.4, -0.2) is 13.6 Å². The lowest BCUT2D eigenvalue weighted by Gasteiger charge is -2.24. The maximum atomic E-state index is 6.15. The molecule has 0 spiro atoms. The quantitative estimate of drug-likeness (QED) is 0.823. The Kier molecular flexibility index (Phi) is 3.49. The van der Waals surface area contributed by atoms with Crippen LogP contribution in [0.4, 0.5) is 5.69 Å². The first-order valence-corrected chi connectivity index (χ1v) is 6.28. The van der Waals surface area contributed by atoms with Crippen LogP contribution in [0.15, 0.2) is 24.3 Å². The summed E-state index contributed by atoms with van der Waals surface area (Å²) in [6.45, 7) is 3.32. The summed E-state index contributed by atoms with van der Waals surface area (Å²) in [5.41, 5.74) is 8.75. The van der Waals surface area contributed by atoms with E-state index in [1.165, 1.54) is 30.6 Å². The second-order valence-electron chi connectivity index (χ2n) is 4.90. The predicted octanol–water partition coefficient (Wildman–Crippen LogP) is 2.94. The fraction of sp³-hybridized carbons (Fsp3) is 0.571. The summed E-state index contributed by atoms with van der Waals surface area (Å²) in [5.74, 6) is 0.913. The van der Waals surface area contributed by atoms with Crippen molar-refractivity contribution in [1.82, 2.24) is 0 Å². The van der Waals surface area contributed by atoms with Gasteiger partial charge in [-0.15, -0.1) is 0 Å². The number of hydrogen-bond donors (Lipinski definition) is 1. The van der Waals surface area contributed by atoms with Crippen LogP contribution in [0.25, 0.3) is 0 Å². The normalized spacial score (nSPS) is 17.2. The van der Waals surface area contributed by atoms with Gasteiger partial charge in [0.2, 0.25) is 0 Å². The molecule has 0 radical (unpaired) electrons. The Balaban J connectivity index is 2.16. The molecule has 88 valence electrons. The Morgan fingerprint density at radius 3 is 2.69 bits per heavy atom.